The summed E-state index contributed by atoms with van der Waals surface area (Å²) in [5.41, 5.74) is 2.25. The molecular formula is C14H14FN3O. The zero-order valence-electron chi connectivity index (χ0n) is 10.7. The Labute approximate surface area is 110 Å². The van der Waals surface area contributed by atoms with Gasteiger partial charge in [0.1, 0.15) is 5.82 Å². The number of hydrogen-bond acceptors (Lipinski definition) is 3. The second kappa shape index (κ2) is 5.48. The summed E-state index contributed by atoms with van der Waals surface area (Å²) in [7, 11) is 1.72. The van der Waals surface area contributed by atoms with Crippen LogP contribution in [-0.4, -0.2) is 17.9 Å². The lowest BCUT2D eigenvalue weighted by Crippen LogP contribution is -2.14. The molecule has 1 amide bonds. The van der Waals surface area contributed by atoms with Gasteiger partial charge in [-0.1, -0.05) is 0 Å². The molecule has 19 heavy (non-hydrogen) atoms. The number of nitrogens with one attached hydrogen (secondary N) is 2. The number of nitrogens with zero attached hydrogens (tertiary/aromatic N) is 1. The van der Waals surface area contributed by atoms with Crippen LogP contribution in [0.5, 0.6) is 0 Å². The second-order valence-electron chi connectivity index (χ2n) is 4.14. The molecule has 2 rings (SSSR count). The van der Waals surface area contributed by atoms with E-state index in [1.807, 2.05) is 0 Å². The maximum atomic E-state index is 13.3. The molecule has 0 fully saturated rings. The monoisotopic (exact) mass is 259 g/mol. The molecule has 1 aromatic heterocycles. The molecule has 2 aromatic rings. The van der Waals surface area contributed by atoms with Crippen LogP contribution in [0.3, 0.4) is 0 Å². The van der Waals surface area contributed by atoms with Crippen LogP contribution in [0.2, 0.25) is 0 Å². The molecule has 0 bridgehead atoms. The van der Waals surface area contributed by atoms with Gasteiger partial charge in [0, 0.05) is 30.8 Å². The molecule has 98 valence electrons. The Morgan fingerprint density at radius 1 is 1.32 bits per heavy atom. The van der Waals surface area contributed by atoms with Crippen LogP contribution in [0.4, 0.5) is 15.8 Å². The van der Waals surface area contributed by atoms with Crippen molar-refractivity contribution in [2.24, 2.45) is 0 Å². The van der Waals surface area contributed by atoms with Gasteiger partial charge >= 0.3 is 0 Å². The van der Waals surface area contributed by atoms with Gasteiger partial charge in [0.25, 0.3) is 5.91 Å². The average molecular weight is 259 g/mol. The van der Waals surface area contributed by atoms with E-state index in [0.29, 0.717) is 16.9 Å². The first-order valence-corrected chi connectivity index (χ1v) is 5.80. The first kappa shape index (κ1) is 13.0. The number of carbonyl (C=O) groups is 1. The molecule has 0 aliphatic carbocycles. The lowest BCUT2D eigenvalue weighted by Gasteiger charge is -2.09. The SMILES string of the molecule is CNc1ccncc1C(=O)Nc1cc(C)cc(F)c1. The van der Waals surface area contributed by atoms with Crippen LogP contribution in [0, 0.1) is 12.7 Å². The lowest BCUT2D eigenvalue weighted by molar-refractivity contribution is 0.102. The van der Waals surface area contributed by atoms with Crippen molar-refractivity contribution in [2.75, 3.05) is 17.7 Å². The Morgan fingerprint density at radius 2 is 2.11 bits per heavy atom. The van der Waals surface area contributed by atoms with Crippen LogP contribution in [0.15, 0.2) is 36.7 Å². The van der Waals surface area contributed by atoms with Crippen molar-refractivity contribution in [3.63, 3.8) is 0 Å². The van der Waals surface area contributed by atoms with Gasteiger partial charge < -0.3 is 10.6 Å². The molecule has 0 radical (unpaired) electrons. The fraction of sp³-hybridized carbons (Fsp3) is 0.143. The molecular weight excluding hydrogens is 245 g/mol. The summed E-state index contributed by atoms with van der Waals surface area (Å²) in [5.74, 6) is -0.710. The highest BCUT2D eigenvalue weighted by Gasteiger charge is 2.11. The summed E-state index contributed by atoms with van der Waals surface area (Å²) in [6, 6.07) is 6.08. The summed E-state index contributed by atoms with van der Waals surface area (Å²) in [6.07, 6.45) is 3.06. The van der Waals surface area contributed by atoms with Crippen molar-refractivity contribution in [1.82, 2.24) is 4.98 Å². The van der Waals surface area contributed by atoms with Crippen molar-refractivity contribution in [3.05, 3.63) is 53.6 Å². The number of aromatic nitrogens is 1. The van der Waals surface area contributed by atoms with Crippen LogP contribution >= 0.6 is 0 Å². The number of benzene rings is 1. The second-order valence-corrected chi connectivity index (χ2v) is 4.14. The molecule has 0 aliphatic heterocycles. The van der Waals surface area contributed by atoms with Gasteiger partial charge in [-0.05, 0) is 36.8 Å². The van der Waals surface area contributed by atoms with Gasteiger partial charge in [-0.3, -0.25) is 9.78 Å². The number of pyridine rings is 1. The fourth-order valence-electron chi connectivity index (χ4n) is 1.80. The highest BCUT2D eigenvalue weighted by atomic mass is 19.1. The number of anilines is 2. The van der Waals surface area contributed by atoms with Crippen LogP contribution in [0.25, 0.3) is 0 Å². The molecule has 0 aliphatic rings. The van der Waals surface area contributed by atoms with E-state index in [0.717, 1.165) is 5.56 Å². The minimum Gasteiger partial charge on any atom is -0.387 e. The molecule has 0 unspecified atom stereocenters. The van der Waals surface area contributed by atoms with Gasteiger partial charge in [-0.15, -0.1) is 0 Å². The van der Waals surface area contributed by atoms with E-state index in [2.05, 4.69) is 15.6 Å². The van der Waals surface area contributed by atoms with Crippen molar-refractivity contribution in [3.8, 4) is 0 Å². The van der Waals surface area contributed by atoms with Gasteiger partial charge in [-0.2, -0.15) is 0 Å². The molecule has 2 N–H and O–H groups in total. The van der Waals surface area contributed by atoms with Crippen molar-refractivity contribution < 1.29 is 9.18 Å². The third-order valence-corrected chi connectivity index (χ3v) is 2.64. The zero-order valence-corrected chi connectivity index (χ0v) is 10.7. The zero-order chi connectivity index (χ0) is 13.8. The number of rotatable bonds is 3. The Kier molecular flexibility index (Phi) is 3.75. The minimum atomic E-state index is -0.379. The number of carbonyl (C=O) groups excluding carboxylic acids is 1. The quantitative estimate of drug-likeness (QED) is 0.891. The predicted molar refractivity (Wildman–Crippen MR) is 72.9 cm³/mol. The summed E-state index contributed by atoms with van der Waals surface area (Å²) < 4.78 is 13.3. The summed E-state index contributed by atoms with van der Waals surface area (Å²) in [4.78, 5) is 16.0. The molecule has 0 saturated heterocycles. The van der Waals surface area contributed by atoms with Crippen molar-refractivity contribution >= 4 is 17.3 Å². The summed E-state index contributed by atoms with van der Waals surface area (Å²) >= 11 is 0. The van der Waals surface area contributed by atoms with Gasteiger partial charge in [0.05, 0.1) is 5.56 Å². The maximum absolute atomic E-state index is 13.3. The minimum absolute atomic E-state index is 0.331. The van der Waals surface area contributed by atoms with E-state index in [-0.39, 0.29) is 11.7 Å². The van der Waals surface area contributed by atoms with E-state index in [1.165, 1.54) is 18.3 Å². The van der Waals surface area contributed by atoms with Crippen LogP contribution in [-0.2, 0) is 0 Å². The first-order valence-electron chi connectivity index (χ1n) is 5.80. The fourth-order valence-corrected chi connectivity index (χ4v) is 1.80. The van der Waals surface area contributed by atoms with E-state index >= 15 is 0 Å². The third-order valence-electron chi connectivity index (χ3n) is 2.64. The van der Waals surface area contributed by atoms with Gasteiger partial charge in [0.2, 0.25) is 0 Å². The Hall–Kier alpha value is -2.43. The lowest BCUT2D eigenvalue weighted by atomic mass is 10.2. The molecule has 1 heterocycles. The molecule has 1 aromatic carbocycles. The van der Waals surface area contributed by atoms with Gasteiger partial charge in [0.15, 0.2) is 0 Å². The van der Waals surface area contributed by atoms with E-state index in [9.17, 15) is 9.18 Å². The molecule has 0 saturated carbocycles. The highest BCUT2D eigenvalue weighted by molar-refractivity contribution is 6.07. The summed E-state index contributed by atoms with van der Waals surface area (Å²) in [5, 5.41) is 5.57. The smallest absolute Gasteiger partial charge is 0.259 e. The van der Waals surface area contributed by atoms with E-state index in [1.54, 1.807) is 32.3 Å². The number of amides is 1. The average Bonchev–Trinajstić information content (AvgIpc) is 2.37. The summed E-state index contributed by atoms with van der Waals surface area (Å²) in [6.45, 7) is 1.77. The predicted octanol–water partition coefficient (Wildman–Crippen LogP) is 2.82. The maximum Gasteiger partial charge on any atom is 0.259 e. The van der Waals surface area contributed by atoms with Crippen LogP contribution in [0.1, 0.15) is 15.9 Å². The normalized spacial score (nSPS) is 10.1. The number of halogens is 1. The number of aryl methyl sites for hydroxylation is 1. The molecule has 0 spiro atoms. The topological polar surface area (TPSA) is 54.0 Å². The Balaban J connectivity index is 2.25. The molecule has 5 heteroatoms. The van der Waals surface area contributed by atoms with E-state index in [4.69, 9.17) is 0 Å². The Morgan fingerprint density at radius 3 is 2.79 bits per heavy atom. The number of hydrogen-bond donors (Lipinski definition) is 2. The molecule has 0 atom stereocenters. The largest absolute Gasteiger partial charge is 0.387 e. The highest BCUT2D eigenvalue weighted by Crippen LogP contribution is 2.17. The first-order chi connectivity index (χ1) is 9.10. The van der Waals surface area contributed by atoms with Crippen LogP contribution < -0.4 is 10.6 Å². The van der Waals surface area contributed by atoms with E-state index < -0.39 is 0 Å². The Bertz CT molecular complexity index is 593. The van der Waals surface area contributed by atoms with Crippen molar-refractivity contribution in [2.45, 2.75) is 6.92 Å². The third kappa shape index (κ3) is 3.07. The van der Waals surface area contributed by atoms with Gasteiger partial charge in [-0.25, -0.2) is 4.39 Å². The standard InChI is InChI=1S/C14H14FN3O/c1-9-5-10(15)7-11(6-9)18-14(19)12-8-17-4-3-13(12)16-2/h3-8H,1-2H3,(H,16,17)(H,18,19). The molecule has 4 nitrogen and oxygen atoms in total. The van der Waals surface area contributed by atoms with Crippen molar-refractivity contribution in [1.29, 1.82) is 0 Å².